The third-order valence-electron chi connectivity index (χ3n) is 2.30. The lowest BCUT2D eigenvalue weighted by Gasteiger charge is -2.29. The molecule has 3 atom stereocenters. The minimum Gasteiger partial charge on any atom is -0.328 e. The fraction of sp³-hybridized carbons (Fsp3) is 1.00. The van der Waals surface area contributed by atoms with Gasteiger partial charge in [-0.15, -0.1) is 0 Å². The smallest absolute Gasteiger partial charge is 0.00792 e. The largest absolute Gasteiger partial charge is 0.328 e. The van der Waals surface area contributed by atoms with Gasteiger partial charge in [-0.3, -0.25) is 0 Å². The van der Waals surface area contributed by atoms with Crippen LogP contribution in [0.5, 0.6) is 0 Å². The van der Waals surface area contributed by atoms with E-state index in [-0.39, 0.29) is 0 Å². The van der Waals surface area contributed by atoms with Gasteiger partial charge in [-0.05, 0) is 25.2 Å². The Kier molecular flexibility index (Phi) is 2.09. The molecule has 0 heterocycles. The second-order valence-corrected chi connectivity index (χ2v) is 3.21. The monoisotopic (exact) mass is 128 g/mol. The molecule has 0 spiro atoms. The third-order valence-corrected chi connectivity index (χ3v) is 2.30. The first-order chi connectivity index (χ1) is 4.20. The molecule has 1 fully saturated rings. The number of nitrogens with two attached hydrogens (primary N) is 2. The highest BCUT2D eigenvalue weighted by molar-refractivity contribution is 4.81. The van der Waals surface area contributed by atoms with Gasteiger partial charge in [-0.25, -0.2) is 0 Å². The minimum absolute atomic E-state index is 0.355. The topological polar surface area (TPSA) is 52.0 Å². The maximum atomic E-state index is 5.79. The first kappa shape index (κ1) is 7.03. The van der Waals surface area contributed by atoms with Crippen molar-refractivity contribution in [3.63, 3.8) is 0 Å². The normalized spacial score (nSPS) is 45.0. The van der Waals surface area contributed by atoms with Crippen LogP contribution in [0, 0.1) is 5.92 Å². The summed E-state index contributed by atoms with van der Waals surface area (Å²) in [6.45, 7) is 2.20. The number of hydrogen-bond donors (Lipinski definition) is 2. The molecule has 1 aliphatic rings. The maximum absolute atomic E-state index is 5.79. The Bertz CT molecular complexity index is 92.9. The van der Waals surface area contributed by atoms with Crippen molar-refractivity contribution < 1.29 is 0 Å². The molecule has 9 heavy (non-hydrogen) atoms. The van der Waals surface area contributed by atoms with Gasteiger partial charge in [-0.1, -0.05) is 6.92 Å². The molecule has 1 saturated carbocycles. The predicted octanol–water partition coefficient (Wildman–Crippen LogP) is 0.461. The SMILES string of the molecule is C[C@H]1CC[C@H](N)C[C@@H]1N. The van der Waals surface area contributed by atoms with Crippen molar-refractivity contribution in [2.24, 2.45) is 17.4 Å². The van der Waals surface area contributed by atoms with E-state index in [0.717, 1.165) is 12.8 Å². The highest BCUT2D eigenvalue weighted by atomic mass is 14.7. The number of rotatable bonds is 0. The molecule has 0 aromatic carbocycles. The van der Waals surface area contributed by atoms with Crippen LogP contribution in [0.15, 0.2) is 0 Å². The van der Waals surface area contributed by atoms with E-state index in [1.165, 1.54) is 6.42 Å². The Morgan fingerprint density at radius 2 is 1.89 bits per heavy atom. The molecule has 0 aromatic rings. The Labute approximate surface area is 56.6 Å². The zero-order chi connectivity index (χ0) is 6.85. The molecule has 0 unspecified atom stereocenters. The third kappa shape index (κ3) is 1.66. The van der Waals surface area contributed by atoms with Crippen molar-refractivity contribution in [1.29, 1.82) is 0 Å². The summed E-state index contributed by atoms with van der Waals surface area (Å²) in [5, 5.41) is 0. The molecule has 1 rings (SSSR count). The van der Waals surface area contributed by atoms with Crippen LogP contribution in [0.25, 0.3) is 0 Å². The van der Waals surface area contributed by atoms with E-state index in [0.29, 0.717) is 18.0 Å². The number of hydrogen-bond acceptors (Lipinski definition) is 2. The summed E-state index contributed by atoms with van der Waals surface area (Å²) in [7, 11) is 0. The van der Waals surface area contributed by atoms with Crippen molar-refractivity contribution in [3.8, 4) is 0 Å². The van der Waals surface area contributed by atoms with Crippen LogP contribution in [0.1, 0.15) is 26.2 Å². The highest BCUT2D eigenvalue weighted by Crippen LogP contribution is 2.20. The molecule has 54 valence electrons. The van der Waals surface area contributed by atoms with Gasteiger partial charge < -0.3 is 11.5 Å². The predicted molar refractivity (Wildman–Crippen MR) is 39.0 cm³/mol. The van der Waals surface area contributed by atoms with E-state index in [4.69, 9.17) is 11.5 Å². The minimum atomic E-state index is 0.355. The fourth-order valence-corrected chi connectivity index (χ4v) is 1.39. The van der Waals surface area contributed by atoms with Crippen LogP contribution < -0.4 is 11.5 Å². The lowest BCUT2D eigenvalue weighted by Crippen LogP contribution is -2.40. The summed E-state index contributed by atoms with van der Waals surface area (Å²) in [6, 6.07) is 0.727. The molecule has 0 radical (unpaired) electrons. The fourth-order valence-electron chi connectivity index (χ4n) is 1.39. The van der Waals surface area contributed by atoms with Crippen LogP contribution in [-0.2, 0) is 0 Å². The maximum Gasteiger partial charge on any atom is 0.00792 e. The van der Waals surface area contributed by atoms with Crippen LogP contribution >= 0.6 is 0 Å². The van der Waals surface area contributed by atoms with Gasteiger partial charge in [-0.2, -0.15) is 0 Å². The molecule has 2 heteroatoms. The molecular formula is C7H16N2. The lowest BCUT2D eigenvalue weighted by molar-refractivity contribution is 0.301. The van der Waals surface area contributed by atoms with Gasteiger partial charge in [0.05, 0.1) is 0 Å². The van der Waals surface area contributed by atoms with Crippen molar-refractivity contribution in [2.45, 2.75) is 38.3 Å². The molecule has 4 N–H and O–H groups in total. The summed E-state index contributed by atoms with van der Waals surface area (Å²) >= 11 is 0. The molecule has 0 aliphatic heterocycles. The van der Waals surface area contributed by atoms with E-state index in [1.807, 2.05) is 0 Å². The van der Waals surface area contributed by atoms with Crippen molar-refractivity contribution >= 4 is 0 Å². The van der Waals surface area contributed by atoms with Gasteiger partial charge >= 0.3 is 0 Å². The molecule has 0 saturated heterocycles. The summed E-state index contributed by atoms with van der Waals surface area (Å²) in [5.41, 5.74) is 11.5. The van der Waals surface area contributed by atoms with E-state index < -0.39 is 0 Å². The molecule has 0 bridgehead atoms. The molecule has 0 amide bonds. The quantitative estimate of drug-likeness (QED) is 0.498. The van der Waals surface area contributed by atoms with Crippen LogP contribution in [0.2, 0.25) is 0 Å². The summed E-state index contributed by atoms with van der Waals surface area (Å²) in [4.78, 5) is 0. The van der Waals surface area contributed by atoms with Crippen LogP contribution in [0.3, 0.4) is 0 Å². The standard InChI is InChI=1S/C7H16N2/c1-5-2-3-6(8)4-7(5)9/h5-7H,2-4,8-9H2,1H3/t5-,6-,7-/m0/s1. The zero-order valence-electron chi connectivity index (χ0n) is 6.01. The first-order valence-corrected chi connectivity index (χ1v) is 3.71. The average molecular weight is 128 g/mol. The van der Waals surface area contributed by atoms with E-state index in [2.05, 4.69) is 6.92 Å². The van der Waals surface area contributed by atoms with Gasteiger partial charge in [0.2, 0.25) is 0 Å². The van der Waals surface area contributed by atoms with Gasteiger partial charge in [0.15, 0.2) is 0 Å². The average Bonchev–Trinajstić information content (AvgIpc) is 1.80. The second-order valence-electron chi connectivity index (χ2n) is 3.21. The highest BCUT2D eigenvalue weighted by Gasteiger charge is 2.21. The van der Waals surface area contributed by atoms with E-state index in [1.54, 1.807) is 0 Å². The lowest BCUT2D eigenvalue weighted by atomic mass is 9.84. The molecule has 2 nitrogen and oxygen atoms in total. The van der Waals surface area contributed by atoms with Gasteiger partial charge in [0.25, 0.3) is 0 Å². The Hall–Kier alpha value is -0.0800. The Morgan fingerprint density at radius 1 is 1.22 bits per heavy atom. The van der Waals surface area contributed by atoms with Gasteiger partial charge in [0.1, 0.15) is 0 Å². The van der Waals surface area contributed by atoms with E-state index in [9.17, 15) is 0 Å². The molecular weight excluding hydrogens is 112 g/mol. The van der Waals surface area contributed by atoms with Crippen LogP contribution in [0.4, 0.5) is 0 Å². The molecule has 0 aromatic heterocycles. The van der Waals surface area contributed by atoms with Crippen LogP contribution in [-0.4, -0.2) is 12.1 Å². The van der Waals surface area contributed by atoms with E-state index >= 15 is 0 Å². The second kappa shape index (κ2) is 2.67. The Morgan fingerprint density at radius 3 is 2.33 bits per heavy atom. The first-order valence-electron chi connectivity index (χ1n) is 3.71. The summed E-state index contributed by atoms with van der Waals surface area (Å²) in [6.07, 6.45) is 3.39. The van der Waals surface area contributed by atoms with Crippen molar-refractivity contribution in [3.05, 3.63) is 0 Å². The van der Waals surface area contributed by atoms with Gasteiger partial charge in [0, 0.05) is 12.1 Å². The van der Waals surface area contributed by atoms with Crippen molar-refractivity contribution in [1.82, 2.24) is 0 Å². The summed E-state index contributed by atoms with van der Waals surface area (Å²) < 4.78 is 0. The zero-order valence-corrected chi connectivity index (χ0v) is 6.01. The molecule has 1 aliphatic carbocycles. The Balaban J connectivity index is 2.35. The summed E-state index contributed by atoms with van der Waals surface area (Å²) in [5.74, 6) is 0.685. The van der Waals surface area contributed by atoms with Crippen molar-refractivity contribution in [2.75, 3.05) is 0 Å².